The van der Waals surface area contributed by atoms with Gasteiger partial charge in [0.1, 0.15) is 12.2 Å². The highest BCUT2D eigenvalue weighted by atomic mass is 16.6. The second kappa shape index (κ2) is 11.4. The van der Waals surface area contributed by atoms with Crippen LogP contribution in [0.4, 0.5) is 9.59 Å². The lowest BCUT2D eigenvalue weighted by Crippen LogP contribution is -2.43. The van der Waals surface area contributed by atoms with Gasteiger partial charge in [0.2, 0.25) is 0 Å². The molecule has 0 aliphatic carbocycles. The zero-order valence-electron chi connectivity index (χ0n) is 15.9. The highest BCUT2D eigenvalue weighted by molar-refractivity contribution is 5.68. The van der Waals surface area contributed by atoms with Crippen LogP contribution in [0.5, 0.6) is 0 Å². The van der Waals surface area contributed by atoms with Crippen LogP contribution in [-0.4, -0.2) is 36.9 Å². The van der Waals surface area contributed by atoms with Crippen molar-refractivity contribution in [2.24, 2.45) is 5.73 Å². The first-order valence-corrected chi connectivity index (χ1v) is 8.94. The summed E-state index contributed by atoms with van der Waals surface area (Å²) in [6.45, 7) is 6.54. The zero-order valence-corrected chi connectivity index (χ0v) is 15.9. The highest BCUT2D eigenvalue weighted by Gasteiger charge is 2.18. The Hall–Kier alpha value is -2.28. The van der Waals surface area contributed by atoms with Crippen molar-refractivity contribution in [3.8, 4) is 0 Å². The van der Waals surface area contributed by atoms with Crippen LogP contribution in [0.1, 0.15) is 45.6 Å². The van der Waals surface area contributed by atoms with E-state index in [0.29, 0.717) is 13.1 Å². The lowest BCUT2D eigenvalue weighted by Gasteiger charge is -2.23. The van der Waals surface area contributed by atoms with E-state index in [0.717, 1.165) is 24.8 Å². The number of alkyl carbamates (subject to hydrolysis) is 2. The third kappa shape index (κ3) is 10.6. The van der Waals surface area contributed by atoms with E-state index in [1.165, 1.54) is 0 Å². The molecule has 7 heteroatoms. The summed E-state index contributed by atoms with van der Waals surface area (Å²) in [6.07, 6.45) is 1.41. The summed E-state index contributed by atoms with van der Waals surface area (Å²) in [5, 5.41) is 5.48. The van der Waals surface area contributed by atoms with Gasteiger partial charge in [-0.1, -0.05) is 30.3 Å². The van der Waals surface area contributed by atoms with Gasteiger partial charge in [0, 0.05) is 19.1 Å². The summed E-state index contributed by atoms with van der Waals surface area (Å²) in [5.41, 5.74) is 6.09. The van der Waals surface area contributed by atoms with Crippen LogP contribution in [0, 0.1) is 0 Å². The maximum Gasteiger partial charge on any atom is 0.407 e. The van der Waals surface area contributed by atoms with Crippen molar-refractivity contribution in [3.05, 3.63) is 35.9 Å². The normalized spacial score (nSPS) is 12.2. The minimum absolute atomic E-state index is 0.144. The Morgan fingerprint density at radius 2 is 1.81 bits per heavy atom. The van der Waals surface area contributed by atoms with Crippen LogP contribution in [-0.2, 0) is 16.1 Å². The summed E-state index contributed by atoms with van der Waals surface area (Å²) in [4.78, 5) is 23.4. The Balaban J connectivity index is 2.12. The summed E-state index contributed by atoms with van der Waals surface area (Å²) < 4.78 is 10.3. The predicted octanol–water partition coefficient (Wildman–Crippen LogP) is 2.94. The van der Waals surface area contributed by atoms with E-state index in [-0.39, 0.29) is 12.6 Å². The maximum absolute atomic E-state index is 11.7. The van der Waals surface area contributed by atoms with E-state index in [9.17, 15) is 9.59 Å². The molecule has 0 aliphatic rings. The molecule has 0 bridgehead atoms. The number of carbonyl (C=O) groups excluding carboxylic acids is 2. The molecule has 26 heavy (non-hydrogen) atoms. The molecule has 1 rings (SSSR count). The molecule has 0 fully saturated rings. The molecule has 7 nitrogen and oxygen atoms in total. The molecule has 0 spiro atoms. The molecule has 1 aromatic carbocycles. The minimum atomic E-state index is -0.534. The molecule has 2 amide bonds. The molecule has 1 atom stereocenters. The molecule has 0 saturated heterocycles. The van der Waals surface area contributed by atoms with Gasteiger partial charge >= 0.3 is 12.2 Å². The SMILES string of the molecule is CC(C)(C)OC(=O)NC(CN)CCCCNC(=O)OCc1ccccc1. The van der Waals surface area contributed by atoms with Gasteiger partial charge in [-0.3, -0.25) is 0 Å². The number of benzene rings is 1. The topological polar surface area (TPSA) is 103 Å². The lowest BCUT2D eigenvalue weighted by atomic mass is 10.1. The summed E-state index contributed by atoms with van der Waals surface area (Å²) in [5.74, 6) is 0. The molecule has 1 aromatic rings. The number of rotatable bonds is 9. The molecule has 0 radical (unpaired) electrons. The van der Waals surface area contributed by atoms with E-state index < -0.39 is 17.8 Å². The number of hydrogen-bond acceptors (Lipinski definition) is 5. The monoisotopic (exact) mass is 365 g/mol. The van der Waals surface area contributed by atoms with Crippen molar-refractivity contribution in [2.45, 2.75) is 58.3 Å². The van der Waals surface area contributed by atoms with Crippen molar-refractivity contribution in [1.82, 2.24) is 10.6 Å². The van der Waals surface area contributed by atoms with Gasteiger partial charge in [0.05, 0.1) is 0 Å². The molecular formula is C19H31N3O4. The van der Waals surface area contributed by atoms with E-state index >= 15 is 0 Å². The Kier molecular flexibility index (Phi) is 9.51. The third-order valence-corrected chi connectivity index (χ3v) is 3.47. The fourth-order valence-corrected chi connectivity index (χ4v) is 2.20. The van der Waals surface area contributed by atoms with Gasteiger partial charge in [-0.25, -0.2) is 9.59 Å². The lowest BCUT2D eigenvalue weighted by molar-refractivity contribution is 0.0503. The number of hydrogen-bond donors (Lipinski definition) is 3. The largest absolute Gasteiger partial charge is 0.445 e. The average molecular weight is 365 g/mol. The van der Waals surface area contributed by atoms with Gasteiger partial charge in [0.15, 0.2) is 0 Å². The first-order chi connectivity index (χ1) is 12.3. The van der Waals surface area contributed by atoms with Crippen molar-refractivity contribution in [1.29, 1.82) is 0 Å². The zero-order chi connectivity index (χ0) is 19.4. The minimum Gasteiger partial charge on any atom is -0.445 e. The summed E-state index contributed by atoms with van der Waals surface area (Å²) in [6, 6.07) is 9.37. The van der Waals surface area contributed by atoms with Crippen LogP contribution in [0.3, 0.4) is 0 Å². The Bertz CT molecular complexity index is 543. The first-order valence-electron chi connectivity index (χ1n) is 8.94. The van der Waals surface area contributed by atoms with Gasteiger partial charge < -0.3 is 25.8 Å². The van der Waals surface area contributed by atoms with Crippen molar-refractivity contribution in [3.63, 3.8) is 0 Å². The van der Waals surface area contributed by atoms with Crippen LogP contribution >= 0.6 is 0 Å². The number of nitrogens with one attached hydrogen (secondary N) is 2. The Morgan fingerprint density at radius 3 is 2.42 bits per heavy atom. The second-order valence-electron chi connectivity index (χ2n) is 7.06. The Morgan fingerprint density at radius 1 is 1.12 bits per heavy atom. The highest BCUT2D eigenvalue weighted by Crippen LogP contribution is 2.08. The van der Waals surface area contributed by atoms with Gasteiger partial charge in [0.25, 0.3) is 0 Å². The molecule has 146 valence electrons. The van der Waals surface area contributed by atoms with Gasteiger partial charge in [-0.2, -0.15) is 0 Å². The third-order valence-electron chi connectivity index (χ3n) is 3.47. The number of nitrogens with two attached hydrogens (primary N) is 1. The van der Waals surface area contributed by atoms with Gasteiger partial charge in [-0.15, -0.1) is 0 Å². The second-order valence-corrected chi connectivity index (χ2v) is 7.06. The van der Waals surface area contributed by atoms with Crippen LogP contribution in [0.15, 0.2) is 30.3 Å². The average Bonchev–Trinajstić information content (AvgIpc) is 2.58. The van der Waals surface area contributed by atoms with Crippen LogP contribution in [0.25, 0.3) is 0 Å². The van der Waals surface area contributed by atoms with E-state index in [2.05, 4.69) is 10.6 Å². The molecule has 0 aliphatic heterocycles. The van der Waals surface area contributed by atoms with E-state index in [1.807, 2.05) is 51.1 Å². The fraction of sp³-hybridized carbons (Fsp3) is 0.579. The van der Waals surface area contributed by atoms with E-state index in [1.54, 1.807) is 0 Å². The van der Waals surface area contributed by atoms with Gasteiger partial charge in [-0.05, 0) is 45.6 Å². The quantitative estimate of drug-likeness (QED) is 0.584. The number of unbranched alkanes of at least 4 members (excludes halogenated alkanes) is 1. The molecule has 4 N–H and O–H groups in total. The van der Waals surface area contributed by atoms with Crippen LogP contribution in [0.2, 0.25) is 0 Å². The predicted molar refractivity (Wildman–Crippen MR) is 101 cm³/mol. The van der Waals surface area contributed by atoms with E-state index in [4.69, 9.17) is 15.2 Å². The molecule has 1 unspecified atom stereocenters. The number of carbonyl (C=O) groups is 2. The summed E-state index contributed by atoms with van der Waals surface area (Å²) in [7, 11) is 0. The standard InChI is InChI=1S/C19H31N3O4/c1-19(2,3)26-18(24)22-16(13-20)11-7-8-12-21-17(23)25-14-15-9-5-4-6-10-15/h4-6,9-10,16H,7-8,11-14,20H2,1-3H3,(H,21,23)(H,22,24). The molecular weight excluding hydrogens is 334 g/mol. The van der Waals surface area contributed by atoms with Crippen LogP contribution < -0.4 is 16.4 Å². The molecule has 0 heterocycles. The summed E-state index contributed by atoms with van der Waals surface area (Å²) >= 11 is 0. The smallest absolute Gasteiger partial charge is 0.407 e. The van der Waals surface area contributed by atoms with Crippen molar-refractivity contribution in [2.75, 3.05) is 13.1 Å². The maximum atomic E-state index is 11.7. The first kappa shape index (κ1) is 21.8. The molecule has 0 aromatic heterocycles. The number of ether oxygens (including phenoxy) is 2. The Labute approximate surface area is 155 Å². The fourth-order valence-electron chi connectivity index (χ4n) is 2.20. The van der Waals surface area contributed by atoms with Crippen molar-refractivity contribution < 1.29 is 19.1 Å². The number of amides is 2. The van der Waals surface area contributed by atoms with Crippen molar-refractivity contribution >= 4 is 12.2 Å². The molecule has 0 saturated carbocycles.